The van der Waals surface area contributed by atoms with Gasteiger partial charge in [-0.25, -0.2) is 0 Å². The van der Waals surface area contributed by atoms with Gasteiger partial charge in [-0.1, -0.05) is 24.3 Å². The smallest absolute Gasteiger partial charge is 0.231 e. The summed E-state index contributed by atoms with van der Waals surface area (Å²) in [5.41, 5.74) is 3.05. The number of rotatable bonds is 6. The van der Waals surface area contributed by atoms with E-state index in [0.29, 0.717) is 29.2 Å². The molecule has 6 rings (SSSR count). The fourth-order valence-electron chi connectivity index (χ4n) is 5.00. The number of ether oxygens (including phenoxy) is 4. The van der Waals surface area contributed by atoms with Crippen molar-refractivity contribution in [3.63, 3.8) is 0 Å². The summed E-state index contributed by atoms with van der Waals surface area (Å²) in [6.07, 6.45) is 1.69. The van der Waals surface area contributed by atoms with Gasteiger partial charge in [0.25, 0.3) is 0 Å². The molecule has 3 aliphatic rings. The Hall–Kier alpha value is -4.01. The quantitative estimate of drug-likeness (QED) is 0.508. The molecule has 0 saturated carbocycles. The van der Waals surface area contributed by atoms with Crippen molar-refractivity contribution in [3.8, 4) is 28.7 Å². The average molecular weight is 501 g/mol. The van der Waals surface area contributed by atoms with E-state index < -0.39 is 0 Å². The maximum Gasteiger partial charge on any atom is 0.231 e. The largest absolute Gasteiger partial charge is 0.507 e. The van der Waals surface area contributed by atoms with E-state index in [4.69, 9.17) is 18.9 Å². The van der Waals surface area contributed by atoms with Crippen molar-refractivity contribution in [2.45, 2.75) is 13.1 Å². The topological polar surface area (TPSA) is 80.7 Å². The van der Waals surface area contributed by atoms with E-state index in [1.54, 1.807) is 25.3 Å². The molecule has 0 amide bonds. The molecular weight excluding hydrogens is 472 g/mol. The number of ketones is 1. The number of phenols is 1. The average Bonchev–Trinajstić information content (AvgIpc) is 3.51. The molecule has 0 radical (unpaired) electrons. The Labute approximate surface area is 215 Å². The van der Waals surface area contributed by atoms with Crippen LogP contribution in [0.15, 0.2) is 60.4 Å². The Bertz CT molecular complexity index is 1380. The van der Waals surface area contributed by atoms with Crippen molar-refractivity contribution in [1.82, 2.24) is 9.80 Å². The van der Waals surface area contributed by atoms with Crippen LogP contribution in [0.5, 0.6) is 28.7 Å². The predicted molar refractivity (Wildman–Crippen MR) is 137 cm³/mol. The monoisotopic (exact) mass is 500 g/mol. The lowest BCUT2D eigenvalue weighted by Crippen LogP contribution is -2.45. The van der Waals surface area contributed by atoms with Gasteiger partial charge >= 0.3 is 0 Å². The Morgan fingerprint density at radius 3 is 2.51 bits per heavy atom. The molecule has 37 heavy (non-hydrogen) atoms. The van der Waals surface area contributed by atoms with E-state index in [-0.39, 0.29) is 24.1 Å². The third-order valence-electron chi connectivity index (χ3n) is 7.03. The molecule has 3 aliphatic heterocycles. The number of hydrogen-bond donors (Lipinski definition) is 1. The van der Waals surface area contributed by atoms with Gasteiger partial charge in [0.05, 0.1) is 18.2 Å². The van der Waals surface area contributed by atoms with Crippen LogP contribution in [-0.4, -0.2) is 60.8 Å². The SMILES string of the molecule is COc1ccccc1/C=C1\Oc2c(ccc(O)c2CN2CCN(Cc3ccc4c(c3)OCO4)CC2)C1=O. The number of carbonyl (C=O) groups is 1. The fourth-order valence-corrected chi connectivity index (χ4v) is 5.00. The second kappa shape index (κ2) is 9.80. The minimum absolute atomic E-state index is 0.132. The van der Waals surface area contributed by atoms with Crippen LogP contribution in [0, 0.1) is 0 Å². The van der Waals surface area contributed by atoms with Crippen molar-refractivity contribution in [2.75, 3.05) is 40.1 Å². The van der Waals surface area contributed by atoms with Crippen LogP contribution in [0.25, 0.3) is 6.08 Å². The first-order chi connectivity index (χ1) is 18.1. The minimum atomic E-state index is -0.198. The third-order valence-corrected chi connectivity index (χ3v) is 7.03. The van der Waals surface area contributed by atoms with Gasteiger partial charge in [-0.05, 0) is 42.0 Å². The van der Waals surface area contributed by atoms with Gasteiger partial charge in [0, 0.05) is 44.8 Å². The summed E-state index contributed by atoms with van der Waals surface area (Å²) in [4.78, 5) is 17.8. The first-order valence-electron chi connectivity index (χ1n) is 12.3. The molecule has 8 heteroatoms. The summed E-state index contributed by atoms with van der Waals surface area (Å²) in [7, 11) is 1.59. The number of allylic oxidation sites excluding steroid dienone is 1. The van der Waals surface area contributed by atoms with Gasteiger partial charge in [-0.15, -0.1) is 0 Å². The summed E-state index contributed by atoms with van der Waals surface area (Å²) in [6, 6.07) is 16.8. The molecule has 1 saturated heterocycles. The maximum absolute atomic E-state index is 13.1. The van der Waals surface area contributed by atoms with Crippen molar-refractivity contribution < 1.29 is 28.8 Å². The van der Waals surface area contributed by atoms with Crippen LogP contribution in [0.2, 0.25) is 0 Å². The Morgan fingerprint density at radius 1 is 0.946 bits per heavy atom. The lowest BCUT2D eigenvalue weighted by molar-refractivity contribution is 0.101. The number of fused-ring (bicyclic) bond motifs is 2. The second-order valence-corrected chi connectivity index (χ2v) is 9.36. The van der Waals surface area contributed by atoms with Gasteiger partial charge in [-0.2, -0.15) is 0 Å². The number of methoxy groups -OCH3 is 1. The highest BCUT2D eigenvalue weighted by molar-refractivity contribution is 6.15. The van der Waals surface area contributed by atoms with Crippen molar-refractivity contribution in [3.05, 3.63) is 82.6 Å². The minimum Gasteiger partial charge on any atom is -0.507 e. The maximum atomic E-state index is 13.1. The van der Waals surface area contributed by atoms with Crippen LogP contribution in [-0.2, 0) is 13.1 Å². The molecule has 3 heterocycles. The number of benzene rings is 3. The Balaban J connectivity index is 1.14. The van der Waals surface area contributed by atoms with Crippen LogP contribution in [0.1, 0.15) is 27.0 Å². The number of phenolic OH excluding ortho intramolecular Hbond substituents is 1. The highest BCUT2D eigenvalue weighted by atomic mass is 16.7. The molecule has 0 atom stereocenters. The number of Topliss-reactive ketones (excluding diaryl/α,β-unsaturated/α-hetero) is 1. The highest BCUT2D eigenvalue weighted by Gasteiger charge is 2.32. The van der Waals surface area contributed by atoms with Crippen LogP contribution >= 0.6 is 0 Å². The number of hydrogen-bond acceptors (Lipinski definition) is 8. The van der Waals surface area contributed by atoms with Crippen LogP contribution in [0.4, 0.5) is 0 Å². The zero-order chi connectivity index (χ0) is 25.4. The van der Waals surface area contributed by atoms with Gasteiger partial charge in [0.2, 0.25) is 12.6 Å². The standard InChI is InChI=1S/C29H28N2O6/c1-34-24-5-3-2-4-20(24)15-27-28(33)21-7-8-23(32)22(29(21)37-27)17-31-12-10-30(11-13-31)16-19-6-9-25-26(14-19)36-18-35-25/h2-9,14-15,32H,10-13,16-18H2,1H3/b27-15-. The molecule has 0 unspecified atom stereocenters. The summed E-state index contributed by atoms with van der Waals surface area (Å²) < 4.78 is 22.4. The molecule has 1 fully saturated rings. The zero-order valence-electron chi connectivity index (χ0n) is 20.6. The number of para-hydroxylation sites is 1. The van der Waals surface area contributed by atoms with Crippen LogP contribution < -0.4 is 18.9 Å². The number of aromatic hydroxyl groups is 1. The first-order valence-corrected chi connectivity index (χ1v) is 12.3. The first kappa shape index (κ1) is 23.4. The second-order valence-electron chi connectivity index (χ2n) is 9.36. The summed E-state index contributed by atoms with van der Waals surface area (Å²) in [6.45, 7) is 5.08. The van der Waals surface area contributed by atoms with Gasteiger partial charge in [-0.3, -0.25) is 14.6 Å². The number of piperazine rings is 1. The molecule has 3 aromatic carbocycles. The lowest BCUT2D eigenvalue weighted by Gasteiger charge is -2.35. The summed E-state index contributed by atoms with van der Waals surface area (Å²) in [5.74, 6) is 2.85. The molecule has 1 N–H and O–H groups in total. The number of nitrogens with zero attached hydrogens (tertiary/aromatic N) is 2. The molecule has 0 aromatic heterocycles. The van der Waals surface area contributed by atoms with E-state index in [9.17, 15) is 9.90 Å². The van der Waals surface area contributed by atoms with Crippen LogP contribution in [0.3, 0.4) is 0 Å². The zero-order valence-corrected chi connectivity index (χ0v) is 20.6. The Morgan fingerprint density at radius 2 is 1.70 bits per heavy atom. The normalized spacial score (nSPS) is 18.2. The van der Waals surface area contributed by atoms with E-state index in [2.05, 4.69) is 15.9 Å². The molecule has 0 bridgehead atoms. The van der Waals surface area contributed by atoms with Crippen molar-refractivity contribution >= 4 is 11.9 Å². The fraction of sp³-hybridized carbons (Fsp3) is 0.276. The molecule has 0 spiro atoms. The van der Waals surface area contributed by atoms with Gasteiger partial charge in [0.15, 0.2) is 17.3 Å². The summed E-state index contributed by atoms with van der Waals surface area (Å²) >= 11 is 0. The third kappa shape index (κ3) is 4.61. The molecule has 190 valence electrons. The van der Waals surface area contributed by atoms with Crippen molar-refractivity contribution in [2.24, 2.45) is 0 Å². The Kier molecular flexibility index (Phi) is 6.20. The predicted octanol–water partition coefficient (Wildman–Crippen LogP) is 4.06. The molecule has 8 nitrogen and oxygen atoms in total. The van der Waals surface area contributed by atoms with E-state index >= 15 is 0 Å². The van der Waals surface area contributed by atoms with E-state index in [0.717, 1.165) is 49.8 Å². The van der Waals surface area contributed by atoms with Gasteiger partial charge < -0.3 is 24.1 Å². The lowest BCUT2D eigenvalue weighted by atomic mass is 10.0. The highest BCUT2D eigenvalue weighted by Crippen LogP contribution is 2.41. The molecule has 0 aliphatic carbocycles. The summed E-state index contributed by atoms with van der Waals surface area (Å²) in [5, 5.41) is 10.7. The molecular formula is C29H28N2O6. The number of carbonyl (C=O) groups excluding carboxylic acids is 1. The van der Waals surface area contributed by atoms with Crippen molar-refractivity contribution in [1.29, 1.82) is 0 Å². The van der Waals surface area contributed by atoms with E-state index in [1.165, 1.54) is 5.56 Å². The molecule has 3 aromatic rings. The van der Waals surface area contributed by atoms with E-state index in [1.807, 2.05) is 36.4 Å². The van der Waals surface area contributed by atoms with Gasteiger partial charge in [0.1, 0.15) is 17.2 Å².